The molecule has 0 saturated carbocycles. The van der Waals surface area contributed by atoms with Crippen molar-refractivity contribution < 1.29 is 9.53 Å². The second-order valence-corrected chi connectivity index (χ2v) is 7.22. The van der Waals surface area contributed by atoms with E-state index in [4.69, 9.17) is 10.5 Å². The minimum Gasteiger partial charge on any atom is -0.381 e. The van der Waals surface area contributed by atoms with Gasteiger partial charge in [0, 0.05) is 32.7 Å². The molecule has 1 amide bonds. The number of nitrogens with zero attached hydrogens (tertiary/aromatic N) is 2. The molecule has 25 heavy (non-hydrogen) atoms. The zero-order chi connectivity index (χ0) is 17.9. The van der Waals surface area contributed by atoms with E-state index in [1.165, 1.54) is 11.1 Å². The number of benzene rings is 1. The fourth-order valence-corrected chi connectivity index (χ4v) is 3.50. The van der Waals surface area contributed by atoms with Crippen LogP contribution in [0.15, 0.2) is 18.2 Å². The summed E-state index contributed by atoms with van der Waals surface area (Å²) in [5.41, 5.74) is 9.04. The van der Waals surface area contributed by atoms with Gasteiger partial charge in [0.15, 0.2) is 0 Å². The molecule has 3 N–H and O–H groups in total. The second kappa shape index (κ2) is 7.52. The quantitative estimate of drug-likeness (QED) is 0.842. The Morgan fingerprint density at radius 1 is 1.44 bits per heavy atom. The maximum atomic E-state index is 12.5. The highest BCUT2D eigenvalue weighted by Crippen LogP contribution is 2.21. The van der Waals surface area contributed by atoms with Crippen molar-refractivity contribution in [2.75, 3.05) is 26.8 Å². The Labute approximate surface area is 148 Å². The van der Waals surface area contributed by atoms with Gasteiger partial charge in [-0.15, -0.1) is 0 Å². The maximum absolute atomic E-state index is 12.5. The Kier molecular flexibility index (Phi) is 5.38. The monoisotopic (exact) mass is 342 g/mol. The number of carbonyl (C=O) groups excluding carboxylic acids is 1. The minimum atomic E-state index is -0.923. The number of hydrogen-bond acceptors (Lipinski definition) is 5. The van der Waals surface area contributed by atoms with Crippen molar-refractivity contribution in [1.82, 2.24) is 10.2 Å². The highest BCUT2D eigenvalue weighted by molar-refractivity contribution is 5.86. The number of ether oxygens (including phenoxy) is 1. The molecule has 2 aliphatic heterocycles. The molecule has 134 valence electrons. The van der Waals surface area contributed by atoms with Gasteiger partial charge in [0.1, 0.15) is 6.04 Å². The molecule has 0 spiro atoms. The van der Waals surface area contributed by atoms with Crippen LogP contribution in [0, 0.1) is 11.3 Å². The van der Waals surface area contributed by atoms with Gasteiger partial charge in [-0.1, -0.05) is 18.2 Å². The van der Waals surface area contributed by atoms with Gasteiger partial charge in [0.05, 0.1) is 11.6 Å². The summed E-state index contributed by atoms with van der Waals surface area (Å²) in [6.07, 6.45) is 2.50. The van der Waals surface area contributed by atoms with Gasteiger partial charge < -0.3 is 20.7 Å². The number of nitrogens with two attached hydrogens (primary N) is 1. The Morgan fingerprint density at radius 2 is 2.20 bits per heavy atom. The highest BCUT2D eigenvalue weighted by Gasteiger charge is 2.36. The Morgan fingerprint density at radius 3 is 2.92 bits per heavy atom. The first-order chi connectivity index (χ1) is 12.0. The predicted octanol–water partition coefficient (Wildman–Crippen LogP) is 0.733. The summed E-state index contributed by atoms with van der Waals surface area (Å²) in [4.78, 5) is 14.8. The van der Waals surface area contributed by atoms with Crippen molar-refractivity contribution in [1.29, 1.82) is 5.26 Å². The molecule has 1 saturated heterocycles. The molecule has 1 unspecified atom stereocenters. The van der Waals surface area contributed by atoms with Crippen molar-refractivity contribution in [3.05, 3.63) is 34.9 Å². The van der Waals surface area contributed by atoms with Crippen molar-refractivity contribution in [2.24, 2.45) is 5.73 Å². The third-order valence-corrected chi connectivity index (χ3v) is 5.21. The summed E-state index contributed by atoms with van der Waals surface area (Å²) in [5.74, 6) is -0.248. The van der Waals surface area contributed by atoms with Gasteiger partial charge in [-0.25, -0.2) is 0 Å². The van der Waals surface area contributed by atoms with E-state index in [9.17, 15) is 10.1 Å². The van der Waals surface area contributed by atoms with Crippen LogP contribution in [0.3, 0.4) is 0 Å². The molecular weight excluding hydrogens is 316 g/mol. The van der Waals surface area contributed by atoms with Crippen molar-refractivity contribution in [2.45, 2.75) is 43.8 Å². The minimum absolute atomic E-state index is 0.248. The van der Waals surface area contributed by atoms with Crippen LogP contribution in [0.1, 0.15) is 29.5 Å². The van der Waals surface area contributed by atoms with Crippen molar-refractivity contribution in [3.63, 3.8) is 0 Å². The molecule has 0 aromatic heterocycles. The Hall–Kier alpha value is -1.94. The number of fused-ring (bicyclic) bond motifs is 1. The third kappa shape index (κ3) is 4.18. The van der Waals surface area contributed by atoms with Crippen LogP contribution in [0.2, 0.25) is 0 Å². The normalized spacial score (nSPS) is 21.0. The number of nitrogens with one attached hydrogen (secondary N) is 1. The summed E-state index contributed by atoms with van der Waals surface area (Å²) in [6, 6.07) is 8.00. The van der Waals surface area contributed by atoms with E-state index in [0.29, 0.717) is 32.5 Å². The maximum Gasteiger partial charge on any atom is 0.241 e. The molecule has 6 nitrogen and oxygen atoms in total. The smallest absolute Gasteiger partial charge is 0.241 e. The SMILES string of the molecule is CN1CCc2cc(CC(C#N)NC(=O)C3(N)CCOCC3)ccc2C1. The third-order valence-electron chi connectivity index (χ3n) is 5.21. The number of hydrogen-bond donors (Lipinski definition) is 2. The van der Waals surface area contributed by atoms with E-state index in [2.05, 4.69) is 41.5 Å². The van der Waals surface area contributed by atoms with Crippen molar-refractivity contribution >= 4 is 5.91 Å². The van der Waals surface area contributed by atoms with E-state index in [1.807, 2.05) is 0 Å². The van der Waals surface area contributed by atoms with Gasteiger partial charge in [-0.3, -0.25) is 4.79 Å². The molecular formula is C19H26N4O2. The van der Waals surface area contributed by atoms with Gasteiger partial charge in [0.25, 0.3) is 0 Å². The molecule has 1 fully saturated rings. The van der Waals surface area contributed by atoms with E-state index < -0.39 is 11.6 Å². The van der Waals surface area contributed by atoms with E-state index in [1.54, 1.807) is 0 Å². The Bertz CT molecular complexity index is 676. The van der Waals surface area contributed by atoms with Crippen LogP contribution in [-0.4, -0.2) is 49.2 Å². The average Bonchev–Trinajstić information content (AvgIpc) is 2.61. The van der Waals surface area contributed by atoms with E-state index in [-0.39, 0.29) is 5.91 Å². The van der Waals surface area contributed by atoms with Gasteiger partial charge >= 0.3 is 0 Å². The standard InChI is InChI=1S/C19H26N4O2/c1-23-7-4-15-10-14(2-3-16(15)13-23)11-17(12-20)22-18(24)19(21)5-8-25-9-6-19/h2-3,10,17H,4-9,11,13,21H2,1H3,(H,22,24). The lowest BCUT2D eigenvalue weighted by molar-refractivity contribution is -0.130. The number of carbonyl (C=O) groups is 1. The number of nitriles is 1. The molecule has 0 bridgehead atoms. The molecule has 0 aliphatic carbocycles. The van der Waals surface area contributed by atoms with Gasteiger partial charge in [-0.2, -0.15) is 5.26 Å². The summed E-state index contributed by atoms with van der Waals surface area (Å²) in [5, 5.41) is 12.3. The first-order valence-electron chi connectivity index (χ1n) is 8.86. The fraction of sp³-hybridized carbons (Fsp3) is 0.579. The first-order valence-corrected chi connectivity index (χ1v) is 8.86. The zero-order valence-electron chi connectivity index (χ0n) is 14.8. The largest absolute Gasteiger partial charge is 0.381 e. The Balaban J connectivity index is 1.64. The number of likely N-dealkylation sites (N-methyl/N-ethyl adjacent to an activating group) is 1. The molecule has 2 heterocycles. The lowest BCUT2D eigenvalue weighted by Crippen LogP contribution is -2.58. The first kappa shape index (κ1) is 17.9. The summed E-state index contributed by atoms with van der Waals surface area (Å²) in [6.45, 7) is 2.99. The second-order valence-electron chi connectivity index (χ2n) is 7.22. The number of amides is 1. The van der Waals surface area contributed by atoms with Crippen molar-refractivity contribution in [3.8, 4) is 6.07 Å². The molecule has 2 aliphatic rings. The van der Waals surface area contributed by atoms with E-state index >= 15 is 0 Å². The molecule has 1 aromatic carbocycles. The highest BCUT2D eigenvalue weighted by atomic mass is 16.5. The summed E-state index contributed by atoms with van der Waals surface area (Å²) < 4.78 is 5.27. The number of rotatable bonds is 4. The zero-order valence-corrected chi connectivity index (χ0v) is 14.8. The molecule has 1 atom stereocenters. The van der Waals surface area contributed by atoms with Crippen LogP contribution < -0.4 is 11.1 Å². The lowest BCUT2D eigenvalue weighted by atomic mass is 9.89. The summed E-state index contributed by atoms with van der Waals surface area (Å²) in [7, 11) is 2.12. The molecule has 0 radical (unpaired) electrons. The molecule has 3 rings (SSSR count). The van der Waals surface area contributed by atoms with Crippen LogP contribution in [0.25, 0.3) is 0 Å². The van der Waals surface area contributed by atoms with Crippen LogP contribution >= 0.6 is 0 Å². The average molecular weight is 342 g/mol. The molecule has 1 aromatic rings. The lowest BCUT2D eigenvalue weighted by Gasteiger charge is -2.32. The van der Waals surface area contributed by atoms with Gasteiger partial charge in [-0.05, 0) is 43.0 Å². The van der Waals surface area contributed by atoms with E-state index in [0.717, 1.165) is 25.1 Å². The van der Waals surface area contributed by atoms with Crippen LogP contribution in [0.5, 0.6) is 0 Å². The predicted molar refractivity (Wildman–Crippen MR) is 94.7 cm³/mol. The fourth-order valence-electron chi connectivity index (χ4n) is 3.50. The van der Waals surface area contributed by atoms with Gasteiger partial charge in [0.2, 0.25) is 5.91 Å². The topological polar surface area (TPSA) is 91.4 Å². The summed E-state index contributed by atoms with van der Waals surface area (Å²) >= 11 is 0. The van der Waals surface area contributed by atoms with Crippen LogP contribution in [-0.2, 0) is 28.9 Å². The van der Waals surface area contributed by atoms with Crippen LogP contribution in [0.4, 0.5) is 0 Å². The molecule has 6 heteroatoms.